The highest BCUT2D eigenvalue weighted by atomic mass is 16.6. The third-order valence-corrected chi connectivity index (χ3v) is 3.43. The molecule has 0 saturated heterocycles. The number of nitrogens with two attached hydrogens (primary N) is 1. The van der Waals surface area contributed by atoms with Gasteiger partial charge in [0.15, 0.2) is 0 Å². The Labute approximate surface area is 117 Å². The Hall–Kier alpha value is -2.94. The number of carbonyl (C=O) groups excluding carboxylic acids is 1. The van der Waals surface area contributed by atoms with Crippen molar-refractivity contribution < 1.29 is 19.3 Å². The first kappa shape index (κ1) is 13.1. The van der Waals surface area contributed by atoms with Crippen molar-refractivity contribution in [2.24, 2.45) is 0 Å². The molecule has 3 rings (SSSR count). The van der Waals surface area contributed by atoms with Gasteiger partial charge in [-0.2, -0.15) is 0 Å². The molecule has 1 amide bonds. The molecule has 0 fully saturated rings. The lowest BCUT2D eigenvalue weighted by molar-refractivity contribution is -0.385. The molecule has 1 aromatic carbocycles. The Balaban J connectivity index is 2.29. The predicted molar refractivity (Wildman–Crippen MR) is 70.4 cm³/mol. The second-order valence-corrected chi connectivity index (χ2v) is 4.66. The van der Waals surface area contributed by atoms with Gasteiger partial charge in [-0.1, -0.05) is 5.16 Å². The van der Waals surface area contributed by atoms with Crippen LogP contribution in [0.2, 0.25) is 0 Å². The SMILES string of the molecule is Cc1noc(N)c1C1(O)C(=O)Nc2ccc([N+](=O)[O-])cc21. The molecule has 1 aliphatic rings. The van der Waals surface area contributed by atoms with E-state index < -0.39 is 16.4 Å². The van der Waals surface area contributed by atoms with Crippen molar-refractivity contribution in [1.29, 1.82) is 0 Å². The van der Waals surface area contributed by atoms with Crippen molar-refractivity contribution in [3.05, 3.63) is 45.1 Å². The summed E-state index contributed by atoms with van der Waals surface area (Å²) in [4.78, 5) is 22.4. The van der Waals surface area contributed by atoms with Gasteiger partial charge in [0.25, 0.3) is 11.6 Å². The largest absolute Gasteiger partial charge is 0.371 e. The summed E-state index contributed by atoms with van der Waals surface area (Å²) in [6, 6.07) is 3.70. The maximum atomic E-state index is 12.2. The minimum absolute atomic E-state index is 0.0146. The van der Waals surface area contributed by atoms with Crippen molar-refractivity contribution in [2.75, 3.05) is 11.1 Å². The number of nitrogens with one attached hydrogen (secondary N) is 1. The van der Waals surface area contributed by atoms with Gasteiger partial charge in [-0.3, -0.25) is 14.9 Å². The summed E-state index contributed by atoms with van der Waals surface area (Å²) in [5, 5.41) is 27.8. The Kier molecular flexibility index (Phi) is 2.50. The first-order chi connectivity index (χ1) is 9.85. The number of aliphatic hydroxyl groups is 1. The molecule has 1 aromatic heterocycles. The van der Waals surface area contributed by atoms with Gasteiger partial charge in [-0.15, -0.1) is 0 Å². The summed E-state index contributed by atoms with van der Waals surface area (Å²) in [6.07, 6.45) is 0. The summed E-state index contributed by atoms with van der Waals surface area (Å²) in [6.45, 7) is 1.51. The smallest absolute Gasteiger partial charge is 0.269 e. The van der Waals surface area contributed by atoms with Gasteiger partial charge in [0.2, 0.25) is 11.5 Å². The van der Waals surface area contributed by atoms with Crippen molar-refractivity contribution >= 4 is 23.2 Å². The zero-order valence-corrected chi connectivity index (χ0v) is 10.8. The van der Waals surface area contributed by atoms with E-state index in [1.807, 2.05) is 0 Å². The number of nitro benzene ring substituents is 1. The third-order valence-electron chi connectivity index (χ3n) is 3.43. The van der Waals surface area contributed by atoms with Crippen molar-refractivity contribution in [2.45, 2.75) is 12.5 Å². The molecule has 0 saturated carbocycles. The number of aromatic nitrogens is 1. The highest BCUT2D eigenvalue weighted by Crippen LogP contribution is 2.45. The summed E-state index contributed by atoms with van der Waals surface area (Å²) < 4.78 is 4.77. The number of rotatable bonds is 2. The van der Waals surface area contributed by atoms with E-state index in [0.29, 0.717) is 0 Å². The number of benzene rings is 1. The number of hydrogen-bond donors (Lipinski definition) is 3. The molecule has 0 radical (unpaired) electrons. The molecule has 9 heteroatoms. The fourth-order valence-electron chi connectivity index (χ4n) is 2.46. The number of carbonyl (C=O) groups is 1. The molecule has 1 unspecified atom stereocenters. The second kappa shape index (κ2) is 4.03. The lowest BCUT2D eigenvalue weighted by Gasteiger charge is -2.20. The van der Waals surface area contributed by atoms with Crippen molar-refractivity contribution in [3.8, 4) is 0 Å². The molecule has 0 spiro atoms. The molecule has 21 heavy (non-hydrogen) atoms. The number of aryl methyl sites for hydroxylation is 1. The Bertz CT molecular complexity index is 764. The highest BCUT2D eigenvalue weighted by molar-refractivity contribution is 6.08. The maximum absolute atomic E-state index is 12.2. The summed E-state index contributed by atoms with van der Waals surface area (Å²) in [5.74, 6) is -0.986. The van der Waals surface area contributed by atoms with Crippen LogP contribution in [0.5, 0.6) is 0 Å². The number of fused-ring (bicyclic) bond motifs is 1. The third kappa shape index (κ3) is 1.61. The second-order valence-electron chi connectivity index (χ2n) is 4.66. The molecule has 4 N–H and O–H groups in total. The van der Waals surface area contributed by atoms with E-state index >= 15 is 0 Å². The molecule has 0 bridgehead atoms. The molecule has 2 heterocycles. The van der Waals surface area contributed by atoms with Gasteiger partial charge >= 0.3 is 0 Å². The van der Waals surface area contributed by atoms with Crippen LogP contribution in [-0.2, 0) is 10.4 Å². The lowest BCUT2D eigenvalue weighted by atomic mass is 9.87. The monoisotopic (exact) mass is 290 g/mol. The van der Waals surface area contributed by atoms with E-state index in [4.69, 9.17) is 10.3 Å². The van der Waals surface area contributed by atoms with E-state index in [9.17, 15) is 20.0 Å². The zero-order chi connectivity index (χ0) is 15.4. The average Bonchev–Trinajstić information content (AvgIpc) is 2.89. The van der Waals surface area contributed by atoms with Gasteiger partial charge in [-0.05, 0) is 13.0 Å². The van der Waals surface area contributed by atoms with E-state index in [0.717, 1.165) is 6.07 Å². The number of nitrogen functional groups attached to an aromatic ring is 1. The van der Waals surface area contributed by atoms with Gasteiger partial charge in [0.1, 0.15) is 0 Å². The number of nitro groups is 1. The fourth-order valence-corrected chi connectivity index (χ4v) is 2.46. The minimum Gasteiger partial charge on any atom is -0.371 e. The fraction of sp³-hybridized carbons (Fsp3) is 0.167. The van der Waals surface area contributed by atoms with Crippen LogP contribution in [0.25, 0.3) is 0 Å². The Morgan fingerprint density at radius 3 is 2.81 bits per heavy atom. The topological polar surface area (TPSA) is 145 Å². The van der Waals surface area contributed by atoms with E-state index in [1.165, 1.54) is 19.1 Å². The average molecular weight is 290 g/mol. The molecule has 108 valence electrons. The van der Waals surface area contributed by atoms with Crippen LogP contribution in [-0.4, -0.2) is 21.1 Å². The van der Waals surface area contributed by atoms with Crippen molar-refractivity contribution in [3.63, 3.8) is 0 Å². The number of hydrogen-bond acceptors (Lipinski definition) is 7. The van der Waals surface area contributed by atoms with Crippen LogP contribution in [0.3, 0.4) is 0 Å². The quantitative estimate of drug-likeness (QED) is 0.544. The Morgan fingerprint density at radius 2 is 2.24 bits per heavy atom. The lowest BCUT2D eigenvalue weighted by Crippen LogP contribution is -2.36. The van der Waals surface area contributed by atoms with E-state index in [1.54, 1.807) is 0 Å². The van der Waals surface area contributed by atoms with Crippen LogP contribution in [0.15, 0.2) is 22.7 Å². The zero-order valence-electron chi connectivity index (χ0n) is 10.8. The van der Waals surface area contributed by atoms with E-state index in [2.05, 4.69) is 10.5 Å². The first-order valence-corrected chi connectivity index (χ1v) is 5.90. The molecular formula is C12H10N4O5. The van der Waals surface area contributed by atoms with Gasteiger partial charge in [-0.25, -0.2) is 0 Å². The highest BCUT2D eigenvalue weighted by Gasteiger charge is 2.51. The van der Waals surface area contributed by atoms with Gasteiger partial charge in [0.05, 0.1) is 16.2 Å². The van der Waals surface area contributed by atoms with Crippen LogP contribution in [0, 0.1) is 17.0 Å². The number of amides is 1. The van der Waals surface area contributed by atoms with Crippen LogP contribution < -0.4 is 11.1 Å². The first-order valence-electron chi connectivity index (χ1n) is 5.90. The number of anilines is 2. The van der Waals surface area contributed by atoms with Gasteiger partial charge in [0, 0.05) is 23.4 Å². The molecular weight excluding hydrogens is 280 g/mol. The molecule has 9 nitrogen and oxygen atoms in total. The normalized spacial score (nSPS) is 20.2. The van der Waals surface area contributed by atoms with Crippen LogP contribution in [0.4, 0.5) is 17.3 Å². The summed E-state index contributed by atoms with van der Waals surface area (Å²) >= 11 is 0. The molecule has 1 atom stereocenters. The van der Waals surface area contributed by atoms with Crippen LogP contribution >= 0.6 is 0 Å². The number of non-ortho nitro benzene ring substituents is 1. The van der Waals surface area contributed by atoms with E-state index in [-0.39, 0.29) is 34.1 Å². The van der Waals surface area contributed by atoms with Crippen LogP contribution in [0.1, 0.15) is 16.8 Å². The summed E-state index contributed by atoms with van der Waals surface area (Å²) in [5.41, 5.74) is 3.72. The van der Waals surface area contributed by atoms with Gasteiger partial charge < -0.3 is 20.7 Å². The number of nitrogens with zero attached hydrogens (tertiary/aromatic N) is 2. The minimum atomic E-state index is -2.17. The maximum Gasteiger partial charge on any atom is 0.269 e. The molecule has 0 aliphatic carbocycles. The molecule has 1 aliphatic heterocycles. The molecule has 2 aromatic rings. The predicted octanol–water partition coefficient (Wildman–Crippen LogP) is 0.661. The Morgan fingerprint density at radius 1 is 1.52 bits per heavy atom. The summed E-state index contributed by atoms with van der Waals surface area (Å²) in [7, 11) is 0. The van der Waals surface area contributed by atoms with Crippen molar-refractivity contribution in [1.82, 2.24) is 5.16 Å². The standard InChI is InChI=1S/C12H10N4O5/c1-5-9(10(13)21-15-5)12(18)7-4-6(16(19)20)2-3-8(7)14-11(12)17/h2-4,18H,13H2,1H3,(H,14,17).